The molecule has 1 aliphatic carbocycles. The molecule has 3 aromatic rings. The van der Waals surface area contributed by atoms with Crippen molar-refractivity contribution in [2.24, 2.45) is 13.0 Å². The fraction of sp³-hybridized carbons (Fsp3) is 0.286. The summed E-state index contributed by atoms with van der Waals surface area (Å²) in [4.78, 5) is 21.3. The van der Waals surface area contributed by atoms with E-state index in [1.807, 2.05) is 32.3 Å². The van der Waals surface area contributed by atoms with Crippen molar-refractivity contribution < 1.29 is 4.79 Å². The van der Waals surface area contributed by atoms with Crippen molar-refractivity contribution >= 4 is 17.5 Å². The fourth-order valence-electron chi connectivity index (χ4n) is 3.30. The largest absolute Gasteiger partial charge is 0.349 e. The van der Waals surface area contributed by atoms with Crippen molar-refractivity contribution in [1.29, 1.82) is 5.26 Å². The summed E-state index contributed by atoms with van der Waals surface area (Å²) in [5.74, 6) is 0.437. The van der Waals surface area contributed by atoms with E-state index in [0.717, 1.165) is 35.3 Å². The van der Waals surface area contributed by atoms with E-state index < -0.39 is 0 Å². The lowest BCUT2D eigenvalue weighted by Crippen LogP contribution is -2.43. The highest BCUT2D eigenvalue weighted by atomic mass is 16.1. The van der Waals surface area contributed by atoms with Crippen molar-refractivity contribution in [2.45, 2.75) is 25.8 Å². The van der Waals surface area contributed by atoms with Gasteiger partial charge in [-0.25, -0.2) is 9.97 Å². The number of benzene rings is 1. The standard InChI is InChI=1S/C21H21N7O/c1-13-10-23-21(26-18-11-24-28(2)12-18)27-19(13)15-3-5-16(6-4-15)20(29)25-17-7-14(8-17)9-22/h3-6,10-12,14,17H,7-8H2,1-2H3,(H,25,29)(H,23,26,27)/t14-,17+. The highest BCUT2D eigenvalue weighted by Gasteiger charge is 2.30. The Bertz CT molecular complexity index is 1080. The van der Waals surface area contributed by atoms with Crippen molar-refractivity contribution in [3.8, 4) is 17.3 Å². The molecule has 1 amide bonds. The number of aromatic nitrogens is 4. The maximum atomic E-state index is 12.4. The number of anilines is 2. The van der Waals surface area contributed by atoms with Crippen LogP contribution in [0.3, 0.4) is 0 Å². The van der Waals surface area contributed by atoms with Gasteiger partial charge >= 0.3 is 0 Å². The molecule has 146 valence electrons. The molecular formula is C21H21N7O. The third-order valence-electron chi connectivity index (χ3n) is 5.01. The Morgan fingerprint density at radius 3 is 2.66 bits per heavy atom. The van der Waals surface area contributed by atoms with E-state index in [1.54, 1.807) is 29.2 Å². The molecule has 4 rings (SSSR count). The van der Waals surface area contributed by atoms with E-state index in [2.05, 4.69) is 31.8 Å². The van der Waals surface area contributed by atoms with Crippen LogP contribution in [0.25, 0.3) is 11.3 Å². The molecular weight excluding hydrogens is 366 g/mol. The van der Waals surface area contributed by atoms with Crippen molar-refractivity contribution in [1.82, 2.24) is 25.1 Å². The first-order chi connectivity index (χ1) is 14.0. The zero-order valence-corrected chi connectivity index (χ0v) is 16.3. The summed E-state index contributed by atoms with van der Waals surface area (Å²) in [5, 5.41) is 19.1. The normalized spacial score (nSPS) is 17.8. The molecule has 2 aromatic heterocycles. The molecule has 0 radical (unpaired) electrons. The zero-order chi connectivity index (χ0) is 20.4. The SMILES string of the molecule is Cc1cnc(Nc2cnn(C)c2)nc1-c1ccc(C(=O)N[C@H]2C[C@@H](C#N)C2)cc1. The summed E-state index contributed by atoms with van der Waals surface area (Å²) >= 11 is 0. The minimum absolute atomic E-state index is 0.0675. The molecule has 2 N–H and O–H groups in total. The van der Waals surface area contributed by atoms with Crippen LogP contribution in [-0.2, 0) is 7.05 Å². The van der Waals surface area contributed by atoms with Gasteiger partial charge in [0.15, 0.2) is 0 Å². The average Bonchev–Trinajstić information content (AvgIpc) is 3.10. The lowest BCUT2D eigenvalue weighted by Gasteiger charge is -2.31. The Morgan fingerprint density at radius 2 is 2.00 bits per heavy atom. The Hall–Kier alpha value is -3.73. The lowest BCUT2D eigenvalue weighted by molar-refractivity contribution is 0.0904. The van der Waals surface area contributed by atoms with Crippen LogP contribution >= 0.6 is 0 Å². The molecule has 8 nitrogen and oxygen atoms in total. The van der Waals surface area contributed by atoms with Gasteiger partial charge in [-0.1, -0.05) is 12.1 Å². The number of hydrogen-bond acceptors (Lipinski definition) is 6. The van der Waals surface area contributed by atoms with E-state index in [9.17, 15) is 4.79 Å². The second-order valence-electron chi connectivity index (χ2n) is 7.30. The second kappa shape index (κ2) is 7.72. The number of nitrogens with one attached hydrogen (secondary N) is 2. The van der Waals surface area contributed by atoms with Gasteiger partial charge in [-0.2, -0.15) is 10.4 Å². The summed E-state index contributed by atoms with van der Waals surface area (Å²) in [5.41, 5.74) is 4.05. The number of nitrogens with zero attached hydrogens (tertiary/aromatic N) is 5. The highest BCUT2D eigenvalue weighted by molar-refractivity contribution is 5.95. The van der Waals surface area contributed by atoms with Gasteiger partial charge in [-0.3, -0.25) is 9.48 Å². The van der Waals surface area contributed by atoms with Gasteiger partial charge < -0.3 is 10.6 Å². The van der Waals surface area contributed by atoms with Gasteiger partial charge in [0.25, 0.3) is 5.91 Å². The van der Waals surface area contributed by atoms with E-state index >= 15 is 0 Å². The van der Waals surface area contributed by atoms with Crippen LogP contribution in [0.15, 0.2) is 42.9 Å². The van der Waals surface area contributed by atoms with Crippen LogP contribution in [0.2, 0.25) is 0 Å². The number of rotatable bonds is 5. The van der Waals surface area contributed by atoms with Crippen molar-refractivity contribution in [3.05, 3.63) is 54.0 Å². The van der Waals surface area contributed by atoms with Gasteiger partial charge in [0.2, 0.25) is 5.95 Å². The van der Waals surface area contributed by atoms with Gasteiger partial charge in [-0.15, -0.1) is 0 Å². The molecule has 0 unspecified atom stereocenters. The predicted molar refractivity (Wildman–Crippen MR) is 108 cm³/mol. The van der Waals surface area contributed by atoms with Crippen LogP contribution in [0.4, 0.5) is 11.6 Å². The van der Waals surface area contributed by atoms with E-state index in [4.69, 9.17) is 5.26 Å². The van der Waals surface area contributed by atoms with E-state index in [-0.39, 0.29) is 17.9 Å². The van der Waals surface area contributed by atoms with Crippen LogP contribution < -0.4 is 10.6 Å². The summed E-state index contributed by atoms with van der Waals surface area (Å²) in [6.07, 6.45) is 6.78. The molecule has 1 saturated carbocycles. The monoisotopic (exact) mass is 387 g/mol. The van der Waals surface area contributed by atoms with Gasteiger partial charge in [0.1, 0.15) is 0 Å². The van der Waals surface area contributed by atoms with E-state index in [1.165, 1.54) is 0 Å². The van der Waals surface area contributed by atoms with Crippen LogP contribution in [0, 0.1) is 24.2 Å². The average molecular weight is 387 g/mol. The number of aryl methyl sites for hydroxylation is 2. The molecule has 0 aliphatic heterocycles. The Balaban J connectivity index is 1.47. The summed E-state index contributed by atoms with van der Waals surface area (Å²) in [7, 11) is 1.84. The number of amides is 1. The molecule has 0 atom stereocenters. The third-order valence-corrected chi connectivity index (χ3v) is 5.01. The number of carbonyl (C=O) groups is 1. The van der Waals surface area contributed by atoms with Gasteiger partial charge in [0, 0.05) is 36.6 Å². The maximum absolute atomic E-state index is 12.4. The summed E-state index contributed by atoms with van der Waals surface area (Å²) in [6, 6.07) is 9.67. The Morgan fingerprint density at radius 1 is 1.24 bits per heavy atom. The van der Waals surface area contributed by atoms with Crippen molar-refractivity contribution in [2.75, 3.05) is 5.32 Å². The first-order valence-electron chi connectivity index (χ1n) is 9.42. The number of hydrogen-bond donors (Lipinski definition) is 2. The molecule has 1 aliphatic rings. The maximum Gasteiger partial charge on any atom is 0.251 e. The first kappa shape index (κ1) is 18.6. The lowest BCUT2D eigenvalue weighted by atomic mass is 9.81. The summed E-state index contributed by atoms with van der Waals surface area (Å²) < 4.78 is 1.70. The molecule has 1 aromatic carbocycles. The van der Waals surface area contributed by atoms with Crippen LogP contribution in [0.1, 0.15) is 28.8 Å². The molecule has 0 spiro atoms. The summed E-state index contributed by atoms with van der Waals surface area (Å²) in [6.45, 7) is 1.95. The molecule has 1 fully saturated rings. The first-order valence-corrected chi connectivity index (χ1v) is 9.42. The molecule has 0 bridgehead atoms. The van der Waals surface area contributed by atoms with Gasteiger partial charge in [0.05, 0.1) is 29.6 Å². The third kappa shape index (κ3) is 4.09. The molecule has 8 heteroatoms. The van der Waals surface area contributed by atoms with Crippen LogP contribution in [-0.4, -0.2) is 31.7 Å². The predicted octanol–water partition coefficient (Wildman–Crippen LogP) is 2.96. The Labute approximate surface area is 168 Å². The Kier molecular flexibility index (Phi) is 4.96. The smallest absolute Gasteiger partial charge is 0.251 e. The molecule has 2 heterocycles. The zero-order valence-electron chi connectivity index (χ0n) is 16.3. The topological polar surface area (TPSA) is 109 Å². The van der Waals surface area contributed by atoms with Crippen LogP contribution in [0.5, 0.6) is 0 Å². The number of carbonyl (C=O) groups excluding carboxylic acids is 1. The fourth-order valence-corrected chi connectivity index (χ4v) is 3.30. The van der Waals surface area contributed by atoms with Crippen molar-refractivity contribution in [3.63, 3.8) is 0 Å². The van der Waals surface area contributed by atoms with Gasteiger partial charge in [-0.05, 0) is 37.5 Å². The quantitative estimate of drug-likeness (QED) is 0.697. The minimum Gasteiger partial charge on any atom is -0.349 e. The second-order valence-corrected chi connectivity index (χ2v) is 7.30. The molecule has 0 saturated heterocycles. The molecule has 29 heavy (non-hydrogen) atoms. The minimum atomic E-state index is -0.115. The van der Waals surface area contributed by atoms with E-state index in [0.29, 0.717) is 11.5 Å². The highest BCUT2D eigenvalue weighted by Crippen LogP contribution is 2.27. The number of nitriles is 1.